The zero-order chi connectivity index (χ0) is 80.1. The molecule has 28 heteroatoms. The average Bonchev–Trinajstić information content (AvgIpc) is 1.67. The number of nitrogens with zero attached hydrogens (tertiary/aromatic N) is 12. The number of hydrogen-bond acceptors (Lipinski definition) is 23. The van der Waals surface area contributed by atoms with E-state index in [1.54, 1.807) is 30.9 Å². The number of carbonyl (C=O) groups excluding carboxylic acids is 5. The Labute approximate surface area is 685 Å². The maximum atomic E-state index is 13.1. The van der Waals surface area contributed by atoms with Crippen LogP contribution in [0.15, 0.2) is 214 Å². The van der Waals surface area contributed by atoms with Gasteiger partial charge in [-0.15, -0.1) is 68.0 Å². The number of likely N-dealkylation sites (tertiary alicyclic amines) is 2. The predicted molar refractivity (Wildman–Crippen MR) is 464 cm³/mol. The second-order valence-corrected chi connectivity index (χ2v) is 32.1. The number of thiazole rings is 6. The maximum absolute atomic E-state index is 13.1. The van der Waals surface area contributed by atoms with Crippen molar-refractivity contribution in [3.8, 4) is 73.7 Å². The number of benzene rings is 6. The minimum atomic E-state index is -0.538. The summed E-state index contributed by atoms with van der Waals surface area (Å²) in [6, 6.07) is 60.1. The topological polar surface area (TPSA) is 274 Å². The highest BCUT2D eigenvalue weighted by Crippen LogP contribution is 2.35. The van der Waals surface area contributed by atoms with Crippen molar-refractivity contribution >= 4 is 129 Å². The van der Waals surface area contributed by atoms with Crippen LogP contribution in [0, 0.1) is 29.2 Å². The SMILES string of the molecule is CC(=O)Nc1nc(-c2ccccc2)cs1.CCN(C(=O)C1CCN(C#N)C1)c1nc(-c2ccccc2)cs1.CCN(C(=O)C1CCN(C(=O)OC(C)(C)C)C1)c1nc(-c2ccccc2)cs1.CCN(C(=O)C1CCNC1)c1nc(-c2ccccc2)cs1.CCNc1nc(-c2ccccc2)cs1.Nc1nc(-c2ccccc2)cs1. The van der Waals surface area contributed by atoms with Crippen molar-refractivity contribution in [2.75, 3.05) is 96.5 Å². The van der Waals surface area contributed by atoms with Gasteiger partial charge in [0.15, 0.2) is 37.0 Å². The quantitative estimate of drug-likeness (QED) is 0.0581. The summed E-state index contributed by atoms with van der Waals surface area (Å²) in [6.07, 6.45) is 4.07. The molecule has 5 N–H and O–H groups in total. The number of nitrogen functional groups attached to an aromatic ring is 1. The van der Waals surface area contributed by atoms with Crippen LogP contribution in [0.3, 0.4) is 0 Å². The Kier molecular flexibility index (Phi) is 31.9. The van der Waals surface area contributed by atoms with E-state index in [4.69, 9.17) is 15.7 Å². The van der Waals surface area contributed by atoms with Gasteiger partial charge in [0.05, 0.1) is 51.9 Å². The molecule has 9 heterocycles. The third kappa shape index (κ3) is 24.8. The molecule has 586 valence electrons. The van der Waals surface area contributed by atoms with E-state index < -0.39 is 5.60 Å². The number of aromatic nitrogens is 6. The molecule has 113 heavy (non-hydrogen) atoms. The van der Waals surface area contributed by atoms with E-state index in [-0.39, 0.29) is 47.5 Å². The number of nitrogens with one attached hydrogen (secondary N) is 3. The summed E-state index contributed by atoms with van der Waals surface area (Å²) in [6.45, 7) is 21.5. The number of hydrogen-bond donors (Lipinski definition) is 4. The number of amides is 5. The Morgan fingerprint density at radius 2 is 0.841 bits per heavy atom. The smallest absolute Gasteiger partial charge is 0.410 e. The number of carbonyl (C=O) groups is 5. The van der Waals surface area contributed by atoms with Crippen LogP contribution in [0.25, 0.3) is 67.5 Å². The van der Waals surface area contributed by atoms with Crippen molar-refractivity contribution in [2.24, 2.45) is 17.8 Å². The van der Waals surface area contributed by atoms with Gasteiger partial charge in [-0.3, -0.25) is 33.9 Å². The molecule has 6 aromatic carbocycles. The standard InChI is InChI=1S/C21H27N3O3S.C17H18N4OS.C16H19N3OS.C11H10N2OS.C11H12N2S.C9H8N2S/c1-5-24(19-22-17(14-28-19)15-9-7-6-8-10-15)18(25)16-11-12-23(13-16)20(26)27-21(2,3)4;1-2-21(16(22)14-8-9-20(10-14)12-18)17-19-15(11-23-17)13-6-4-3-5-7-13;1-2-19(15(20)13-8-9-17-10-13)16-18-14(11-21-16)12-6-4-3-5-7-12;1-8(14)12-11-13-10(7-15-11)9-5-3-2-4-6-9;1-2-12-11-13-10(8-14-11)9-6-4-3-5-7-9;10-9-11-8(6-12-9)7-4-2-1-3-5-7/h6-10,14,16H,5,11-13H2,1-4H3;3-7,11,14H,2,8-10H2,1H3;3-7,11,13,17H,2,8-10H2,1H3;2-7H,1H3,(H,12,13,14);3-8H,2H2,1H3,(H,12,13);1-6H,(H2,10,11). The van der Waals surface area contributed by atoms with E-state index in [0.29, 0.717) is 67.6 Å². The Bertz CT molecular complexity index is 4970. The summed E-state index contributed by atoms with van der Waals surface area (Å²) in [5, 5.41) is 34.5. The van der Waals surface area contributed by atoms with Crippen molar-refractivity contribution in [3.63, 3.8) is 0 Å². The second kappa shape index (κ2) is 42.7. The van der Waals surface area contributed by atoms with Crippen LogP contribution in [0.5, 0.6) is 0 Å². The van der Waals surface area contributed by atoms with E-state index in [1.165, 1.54) is 69.2 Å². The fraction of sp³-hybridized carbons (Fsp3) is 0.294. The van der Waals surface area contributed by atoms with Crippen LogP contribution in [0.2, 0.25) is 0 Å². The Morgan fingerprint density at radius 1 is 0.487 bits per heavy atom. The van der Waals surface area contributed by atoms with Crippen LogP contribution in [0.4, 0.5) is 35.6 Å². The first-order chi connectivity index (χ1) is 54.8. The highest BCUT2D eigenvalue weighted by Gasteiger charge is 2.37. The van der Waals surface area contributed by atoms with E-state index in [1.807, 2.05) is 243 Å². The lowest BCUT2D eigenvalue weighted by Gasteiger charge is -2.25. The lowest BCUT2D eigenvalue weighted by Crippen LogP contribution is -2.39. The van der Waals surface area contributed by atoms with Crippen molar-refractivity contribution in [1.82, 2.24) is 45.0 Å². The molecule has 0 spiro atoms. The zero-order valence-corrected chi connectivity index (χ0v) is 69.5. The van der Waals surface area contributed by atoms with E-state index in [2.05, 4.69) is 76.5 Å². The van der Waals surface area contributed by atoms with Gasteiger partial charge in [0, 0.05) is 131 Å². The predicted octanol–water partition coefficient (Wildman–Crippen LogP) is 18.6. The minimum Gasteiger partial charge on any atom is -0.444 e. The normalized spacial score (nSPS) is 14.6. The molecule has 5 amide bonds. The van der Waals surface area contributed by atoms with Gasteiger partial charge in [-0.05, 0) is 74.3 Å². The summed E-state index contributed by atoms with van der Waals surface area (Å²) in [5.74, 6) is -0.0635. The maximum Gasteiger partial charge on any atom is 0.410 e. The lowest BCUT2D eigenvalue weighted by molar-refractivity contribution is -0.122. The second-order valence-electron chi connectivity index (χ2n) is 27.0. The highest BCUT2D eigenvalue weighted by atomic mass is 32.1. The van der Waals surface area contributed by atoms with Crippen LogP contribution < -0.4 is 36.4 Å². The zero-order valence-electron chi connectivity index (χ0n) is 64.6. The Hall–Kier alpha value is -10.9. The van der Waals surface area contributed by atoms with E-state index >= 15 is 0 Å². The molecule has 0 bridgehead atoms. The van der Waals surface area contributed by atoms with Crippen molar-refractivity contribution < 1.29 is 28.7 Å². The van der Waals surface area contributed by atoms with Crippen LogP contribution in [-0.2, 0) is 23.9 Å². The van der Waals surface area contributed by atoms with E-state index in [0.717, 1.165) is 110 Å². The molecule has 0 saturated carbocycles. The minimum absolute atomic E-state index is 0.0162. The molecule has 3 aliphatic heterocycles. The Morgan fingerprint density at radius 3 is 1.19 bits per heavy atom. The first-order valence-electron chi connectivity index (χ1n) is 37.4. The average molecular weight is 1630 g/mol. The molecule has 3 unspecified atom stereocenters. The number of nitriles is 1. The van der Waals surface area contributed by atoms with Gasteiger partial charge in [0.1, 0.15) is 5.60 Å². The summed E-state index contributed by atoms with van der Waals surface area (Å²) >= 11 is 9.03. The number of anilines is 6. The summed E-state index contributed by atoms with van der Waals surface area (Å²) < 4.78 is 5.43. The molecule has 12 aromatic rings. The summed E-state index contributed by atoms with van der Waals surface area (Å²) in [4.78, 5) is 96.9. The van der Waals surface area contributed by atoms with Crippen molar-refractivity contribution in [1.29, 1.82) is 5.26 Å². The summed E-state index contributed by atoms with van der Waals surface area (Å²) in [7, 11) is 0. The molecule has 6 aromatic heterocycles. The third-order valence-corrected chi connectivity index (χ3v) is 22.6. The molecule has 3 saturated heterocycles. The van der Waals surface area contributed by atoms with E-state index in [9.17, 15) is 24.0 Å². The summed E-state index contributed by atoms with van der Waals surface area (Å²) in [5.41, 5.74) is 17.1. The first kappa shape index (κ1) is 84.5. The fourth-order valence-electron chi connectivity index (χ4n) is 12.1. The number of rotatable bonds is 18. The highest BCUT2D eigenvalue weighted by molar-refractivity contribution is 7.15. The molecule has 0 radical (unpaired) electrons. The van der Waals surface area contributed by atoms with Gasteiger partial charge in [0.2, 0.25) is 23.6 Å². The third-order valence-electron chi connectivity index (χ3n) is 17.8. The molecule has 3 aliphatic rings. The van der Waals surface area contributed by atoms with Gasteiger partial charge in [-0.2, -0.15) is 5.26 Å². The molecular formula is C85H94N16O6S6. The molecule has 15 rings (SSSR count). The van der Waals surface area contributed by atoms with Crippen molar-refractivity contribution in [2.45, 2.75) is 80.3 Å². The monoisotopic (exact) mass is 1630 g/mol. The molecule has 0 aliphatic carbocycles. The Balaban J connectivity index is 0.000000147. The van der Waals surface area contributed by atoms with Crippen molar-refractivity contribution in [3.05, 3.63) is 214 Å². The van der Waals surface area contributed by atoms with Crippen LogP contribution in [0.1, 0.15) is 74.7 Å². The van der Waals surface area contributed by atoms with Crippen LogP contribution >= 0.6 is 68.0 Å². The number of nitrogens with two attached hydrogens (primary N) is 1. The fourth-order valence-corrected chi connectivity index (χ4v) is 16.9. The van der Waals surface area contributed by atoms with Gasteiger partial charge in [-0.25, -0.2) is 34.7 Å². The largest absolute Gasteiger partial charge is 0.444 e. The number of ether oxygens (including phenoxy) is 1. The molecule has 3 atom stereocenters. The van der Waals surface area contributed by atoms with Gasteiger partial charge in [-0.1, -0.05) is 182 Å². The lowest BCUT2D eigenvalue weighted by atomic mass is 10.1. The van der Waals surface area contributed by atoms with Gasteiger partial charge < -0.3 is 36.2 Å². The molecular weight excluding hydrogens is 1530 g/mol. The molecule has 22 nitrogen and oxygen atoms in total. The van der Waals surface area contributed by atoms with Gasteiger partial charge >= 0.3 is 6.09 Å². The van der Waals surface area contributed by atoms with Gasteiger partial charge in [0.25, 0.3) is 0 Å². The van der Waals surface area contributed by atoms with Crippen LogP contribution in [-0.4, -0.2) is 140 Å². The molecule has 3 fully saturated rings. The first-order valence-corrected chi connectivity index (χ1v) is 42.7.